The fourth-order valence-electron chi connectivity index (χ4n) is 3.05. The zero-order valence-corrected chi connectivity index (χ0v) is 15.9. The lowest BCUT2D eigenvalue weighted by molar-refractivity contribution is -0.117. The van der Waals surface area contributed by atoms with Crippen molar-refractivity contribution in [2.24, 2.45) is 0 Å². The summed E-state index contributed by atoms with van der Waals surface area (Å²) in [6.45, 7) is 0.972. The molecule has 0 aromatic heterocycles. The third-order valence-electron chi connectivity index (χ3n) is 4.36. The predicted octanol–water partition coefficient (Wildman–Crippen LogP) is 3.93. The van der Waals surface area contributed by atoms with E-state index in [9.17, 15) is 4.79 Å². The summed E-state index contributed by atoms with van der Waals surface area (Å²) in [6, 6.07) is 19.7. The maximum atomic E-state index is 12.3. The van der Waals surface area contributed by atoms with Gasteiger partial charge in [-0.25, -0.2) is 0 Å². The quantitative estimate of drug-likeness (QED) is 0.690. The second-order valence-electron chi connectivity index (χ2n) is 6.47. The number of benzene rings is 3. The van der Waals surface area contributed by atoms with Crippen LogP contribution in [0, 0.1) is 0 Å². The Morgan fingerprint density at radius 1 is 0.963 bits per heavy atom. The fraction of sp³-hybridized carbons (Fsp3) is 0.227. The van der Waals surface area contributed by atoms with Crippen LogP contribution < -0.4 is 14.8 Å². The summed E-state index contributed by atoms with van der Waals surface area (Å²) < 4.78 is 10.5. The van der Waals surface area contributed by atoms with Crippen LogP contribution in [0.5, 0.6) is 11.5 Å². The summed E-state index contributed by atoms with van der Waals surface area (Å²) >= 11 is 0. The van der Waals surface area contributed by atoms with Gasteiger partial charge in [0.05, 0.1) is 26.5 Å². The highest BCUT2D eigenvalue weighted by Crippen LogP contribution is 2.24. The first-order chi connectivity index (χ1) is 13.1. The number of fused-ring (bicyclic) bond motifs is 1. The average molecular weight is 364 g/mol. The number of nitrogens with one attached hydrogen (secondary N) is 1. The number of carbonyl (C=O) groups is 1. The minimum atomic E-state index is -0.0764. The van der Waals surface area contributed by atoms with Gasteiger partial charge < -0.3 is 14.8 Å². The zero-order chi connectivity index (χ0) is 19.2. The van der Waals surface area contributed by atoms with Gasteiger partial charge in [-0.3, -0.25) is 9.69 Å². The minimum absolute atomic E-state index is 0.0764. The highest BCUT2D eigenvalue weighted by atomic mass is 16.5. The SMILES string of the molecule is COc1ccc2cc(CN(C)CC(=O)Nc3ccccc3OC)ccc2c1. The molecule has 1 N–H and O–H groups in total. The van der Waals surface area contributed by atoms with Crippen LogP contribution in [-0.2, 0) is 11.3 Å². The van der Waals surface area contributed by atoms with E-state index in [2.05, 4.69) is 23.5 Å². The molecule has 0 bridgehead atoms. The van der Waals surface area contributed by atoms with Crippen molar-refractivity contribution in [2.45, 2.75) is 6.54 Å². The Balaban J connectivity index is 1.62. The third-order valence-corrected chi connectivity index (χ3v) is 4.36. The van der Waals surface area contributed by atoms with E-state index in [1.54, 1.807) is 14.2 Å². The molecule has 0 aliphatic rings. The van der Waals surface area contributed by atoms with Crippen LogP contribution in [0.15, 0.2) is 60.7 Å². The van der Waals surface area contributed by atoms with Crippen molar-refractivity contribution in [3.63, 3.8) is 0 Å². The third kappa shape index (κ3) is 4.77. The van der Waals surface area contributed by atoms with Gasteiger partial charge in [0, 0.05) is 6.54 Å². The number of anilines is 1. The summed E-state index contributed by atoms with van der Waals surface area (Å²) in [5.74, 6) is 1.42. The number of rotatable bonds is 7. The molecular weight excluding hydrogens is 340 g/mol. The van der Waals surface area contributed by atoms with Crippen LogP contribution in [-0.4, -0.2) is 38.6 Å². The van der Waals surface area contributed by atoms with Crippen molar-refractivity contribution >= 4 is 22.4 Å². The topological polar surface area (TPSA) is 50.8 Å². The summed E-state index contributed by atoms with van der Waals surface area (Å²) in [7, 11) is 5.19. The molecular formula is C22H24N2O3. The molecule has 0 atom stereocenters. The number of nitrogens with zero attached hydrogens (tertiary/aromatic N) is 1. The minimum Gasteiger partial charge on any atom is -0.497 e. The number of para-hydroxylation sites is 2. The second kappa shape index (κ2) is 8.56. The van der Waals surface area contributed by atoms with Crippen LogP contribution in [0.3, 0.4) is 0 Å². The molecule has 0 spiro atoms. The van der Waals surface area contributed by atoms with Crippen LogP contribution in [0.25, 0.3) is 10.8 Å². The molecule has 0 saturated heterocycles. The standard InChI is InChI=1S/C22H24N2O3/c1-24(15-22(25)23-20-6-4-5-7-21(20)27-3)14-16-8-9-18-13-19(26-2)11-10-17(18)12-16/h4-13H,14-15H2,1-3H3,(H,23,25). The lowest BCUT2D eigenvalue weighted by atomic mass is 10.1. The highest BCUT2D eigenvalue weighted by Gasteiger charge is 2.10. The van der Waals surface area contributed by atoms with Crippen molar-refractivity contribution in [3.05, 3.63) is 66.2 Å². The second-order valence-corrected chi connectivity index (χ2v) is 6.47. The van der Waals surface area contributed by atoms with E-state index in [-0.39, 0.29) is 5.91 Å². The van der Waals surface area contributed by atoms with E-state index in [0.717, 1.165) is 22.1 Å². The maximum Gasteiger partial charge on any atom is 0.238 e. The summed E-state index contributed by atoms with van der Waals surface area (Å²) in [6.07, 6.45) is 0. The first-order valence-corrected chi connectivity index (χ1v) is 8.77. The van der Waals surface area contributed by atoms with Crippen LogP contribution in [0.1, 0.15) is 5.56 Å². The Hall–Kier alpha value is -3.05. The first-order valence-electron chi connectivity index (χ1n) is 8.77. The molecule has 0 fully saturated rings. The molecule has 27 heavy (non-hydrogen) atoms. The Labute approximate surface area is 159 Å². The Bertz CT molecular complexity index is 940. The van der Waals surface area contributed by atoms with Crippen molar-refractivity contribution in [1.29, 1.82) is 0 Å². The zero-order valence-electron chi connectivity index (χ0n) is 15.9. The van der Waals surface area contributed by atoms with E-state index < -0.39 is 0 Å². The van der Waals surface area contributed by atoms with E-state index in [1.165, 1.54) is 0 Å². The molecule has 0 saturated carbocycles. The monoisotopic (exact) mass is 364 g/mol. The molecule has 3 rings (SSSR count). The number of likely N-dealkylation sites (N-methyl/N-ethyl adjacent to an activating group) is 1. The molecule has 5 nitrogen and oxygen atoms in total. The molecule has 5 heteroatoms. The normalized spacial score (nSPS) is 10.8. The molecule has 140 valence electrons. The predicted molar refractivity (Wildman–Crippen MR) is 108 cm³/mol. The largest absolute Gasteiger partial charge is 0.497 e. The van der Waals surface area contributed by atoms with Gasteiger partial charge in [-0.05, 0) is 53.7 Å². The first kappa shape index (κ1) is 18.7. The molecule has 1 amide bonds. The van der Waals surface area contributed by atoms with Gasteiger partial charge in [0.1, 0.15) is 11.5 Å². The molecule has 3 aromatic rings. The summed E-state index contributed by atoms with van der Waals surface area (Å²) in [5, 5.41) is 5.19. The van der Waals surface area contributed by atoms with E-state index >= 15 is 0 Å². The van der Waals surface area contributed by atoms with Crippen LogP contribution in [0.2, 0.25) is 0 Å². The van der Waals surface area contributed by atoms with Gasteiger partial charge in [-0.15, -0.1) is 0 Å². The Morgan fingerprint density at radius 3 is 2.48 bits per heavy atom. The number of hydrogen-bond donors (Lipinski definition) is 1. The number of hydrogen-bond acceptors (Lipinski definition) is 4. The van der Waals surface area contributed by atoms with Crippen molar-refractivity contribution < 1.29 is 14.3 Å². The number of methoxy groups -OCH3 is 2. The van der Waals surface area contributed by atoms with Gasteiger partial charge in [-0.2, -0.15) is 0 Å². The van der Waals surface area contributed by atoms with E-state index in [1.807, 2.05) is 54.4 Å². The Kier molecular flexibility index (Phi) is 5.94. The van der Waals surface area contributed by atoms with Gasteiger partial charge in [0.15, 0.2) is 0 Å². The van der Waals surface area contributed by atoms with Crippen LogP contribution in [0.4, 0.5) is 5.69 Å². The van der Waals surface area contributed by atoms with Crippen molar-refractivity contribution in [3.8, 4) is 11.5 Å². The smallest absolute Gasteiger partial charge is 0.238 e. The van der Waals surface area contributed by atoms with Gasteiger partial charge >= 0.3 is 0 Å². The fourth-order valence-corrected chi connectivity index (χ4v) is 3.05. The molecule has 3 aromatic carbocycles. The van der Waals surface area contributed by atoms with E-state index in [0.29, 0.717) is 24.5 Å². The van der Waals surface area contributed by atoms with Gasteiger partial charge in [0.25, 0.3) is 0 Å². The highest BCUT2D eigenvalue weighted by molar-refractivity contribution is 5.93. The lowest BCUT2D eigenvalue weighted by Crippen LogP contribution is -2.29. The number of amides is 1. The lowest BCUT2D eigenvalue weighted by Gasteiger charge is -2.17. The Morgan fingerprint density at radius 2 is 1.70 bits per heavy atom. The molecule has 0 aliphatic heterocycles. The molecule has 0 heterocycles. The van der Waals surface area contributed by atoms with Crippen molar-refractivity contribution in [1.82, 2.24) is 4.90 Å². The maximum absolute atomic E-state index is 12.3. The molecule has 0 aliphatic carbocycles. The molecule has 0 radical (unpaired) electrons. The van der Waals surface area contributed by atoms with Crippen LogP contribution >= 0.6 is 0 Å². The van der Waals surface area contributed by atoms with E-state index in [4.69, 9.17) is 9.47 Å². The summed E-state index contributed by atoms with van der Waals surface area (Å²) in [5.41, 5.74) is 1.83. The van der Waals surface area contributed by atoms with Gasteiger partial charge in [0.2, 0.25) is 5.91 Å². The average Bonchev–Trinajstić information content (AvgIpc) is 2.67. The number of carbonyl (C=O) groups excluding carboxylic acids is 1. The van der Waals surface area contributed by atoms with Gasteiger partial charge in [-0.1, -0.05) is 30.3 Å². The number of ether oxygens (including phenoxy) is 2. The summed E-state index contributed by atoms with van der Waals surface area (Å²) in [4.78, 5) is 14.3. The van der Waals surface area contributed by atoms with Crippen molar-refractivity contribution in [2.75, 3.05) is 33.1 Å². The molecule has 0 unspecified atom stereocenters.